The van der Waals surface area contributed by atoms with Crippen LogP contribution >= 0.6 is 0 Å². The van der Waals surface area contributed by atoms with E-state index in [2.05, 4.69) is 5.32 Å². The summed E-state index contributed by atoms with van der Waals surface area (Å²) in [5.74, 6) is -0.672. The van der Waals surface area contributed by atoms with E-state index in [1.165, 1.54) is 14.0 Å². The molecule has 0 radical (unpaired) electrons. The van der Waals surface area contributed by atoms with Crippen molar-refractivity contribution in [3.63, 3.8) is 0 Å². The Hall–Kier alpha value is -3.93. The van der Waals surface area contributed by atoms with Gasteiger partial charge in [0.05, 0.1) is 12.7 Å². The van der Waals surface area contributed by atoms with Crippen LogP contribution in [0.15, 0.2) is 78.9 Å². The summed E-state index contributed by atoms with van der Waals surface area (Å²) in [4.78, 5) is 37.2. The lowest BCUT2D eigenvalue weighted by atomic mass is 10.1. The SMILES string of the molecule is COc1ccc(C(=O)O[C@H](C(=O)Nc2cccc(C(C)=O)c2)c2ccccc2)cc1. The second-order valence-corrected chi connectivity index (χ2v) is 6.55. The Morgan fingerprint density at radius 2 is 1.53 bits per heavy atom. The van der Waals surface area contributed by atoms with Gasteiger partial charge in [0, 0.05) is 16.8 Å². The molecule has 0 aliphatic carbocycles. The van der Waals surface area contributed by atoms with Crippen molar-refractivity contribution in [2.45, 2.75) is 13.0 Å². The number of ether oxygens (including phenoxy) is 2. The summed E-state index contributed by atoms with van der Waals surface area (Å²) in [7, 11) is 1.53. The Morgan fingerprint density at radius 3 is 2.17 bits per heavy atom. The van der Waals surface area contributed by atoms with Gasteiger partial charge in [0.1, 0.15) is 5.75 Å². The van der Waals surface area contributed by atoms with Crippen LogP contribution in [-0.2, 0) is 9.53 Å². The maximum atomic E-state index is 13.0. The topological polar surface area (TPSA) is 81.7 Å². The Kier molecular flexibility index (Phi) is 6.60. The summed E-state index contributed by atoms with van der Waals surface area (Å²) in [5.41, 5.74) is 1.73. The molecule has 152 valence electrons. The molecular formula is C24H21NO5. The van der Waals surface area contributed by atoms with E-state index in [0.29, 0.717) is 28.1 Å². The lowest BCUT2D eigenvalue weighted by molar-refractivity contribution is -0.125. The number of methoxy groups -OCH3 is 1. The van der Waals surface area contributed by atoms with Crippen LogP contribution in [0.25, 0.3) is 0 Å². The molecule has 0 saturated carbocycles. The molecule has 0 aromatic heterocycles. The molecule has 3 aromatic rings. The van der Waals surface area contributed by atoms with E-state index in [4.69, 9.17) is 9.47 Å². The van der Waals surface area contributed by atoms with Crippen LogP contribution in [0.5, 0.6) is 5.75 Å². The second kappa shape index (κ2) is 9.52. The smallest absolute Gasteiger partial charge is 0.339 e. The Labute approximate surface area is 174 Å². The van der Waals surface area contributed by atoms with Crippen molar-refractivity contribution < 1.29 is 23.9 Å². The van der Waals surface area contributed by atoms with E-state index >= 15 is 0 Å². The average Bonchev–Trinajstić information content (AvgIpc) is 2.78. The minimum absolute atomic E-state index is 0.114. The molecule has 0 aliphatic heterocycles. The van der Waals surface area contributed by atoms with Crippen molar-refractivity contribution in [2.24, 2.45) is 0 Å². The molecular weight excluding hydrogens is 382 g/mol. The molecule has 1 amide bonds. The molecule has 0 unspecified atom stereocenters. The zero-order valence-corrected chi connectivity index (χ0v) is 16.6. The third kappa shape index (κ3) is 5.11. The summed E-state index contributed by atoms with van der Waals surface area (Å²) in [6.45, 7) is 1.45. The first kappa shape index (κ1) is 20.8. The van der Waals surface area contributed by atoms with Gasteiger partial charge in [0.25, 0.3) is 5.91 Å². The molecule has 0 aliphatic rings. The van der Waals surface area contributed by atoms with Gasteiger partial charge >= 0.3 is 5.97 Å². The maximum absolute atomic E-state index is 13.0. The molecule has 3 rings (SSSR count). The third-order valence-corrected chi connectivity index (χ3v) is 4.43. The summed E-state index contributed by atoms with van der Waals surface area (Å²) < 4.78 is 10.6. The van der Waals surface area contributed by atoms with Gasteiger partial charge in [-0.1, -0.05) is 42.5 Å². The van der Waals surface area contributed by atoms with E-state index in [-0.39, 0.29) is 5.78 Å². The highest BCUT2D eigenvalue weighted by molar-refractivity contribution is 6.00. The summed E-state index contributed by atoms with van der Waals surface area (Å²) in [5, 5.41) is 2.72. The van der Waals surface area contributed by atoms with Crippen molar-refractivity contribution in [3.05, 3.63) is 95.6 Å². The van der Waals surface area contributed by atoms with Crippen molar-refractivity contribution in [2.75, 3.05) is 12.4 Å². The summed E-state index contributed by atoms with van der Waals surface area (Å²) >= 11 is 0. The number of amides is 1. The van der Waals surface area contributed by atoms with Crippen LogP contribution in [0.2, 0.25) is 0 Å². The number of rotatable bonds is 7. The van der Waals surface area contributed by atoms with Crippen molar-refractivity contribution >= 4 is 23.3 Å². The zero-order valence-electron chi connectivity index (χ0n) is 16.6. The van der Waals surface area contributed by atoms with Crippen LogP contribution < -0.4 is 10.1 Å². The number of ketones is 1. The first-order valence-corrected chi connectivity index (χ1v) is 9.30. The van der Waals surface area contributed by atoms with E-state index in [1.807, 2.05) is 0 Å². The fourth-order valence-corrected chi connectivity index (χ4v) is 2.83. The van der Waals surface area contributed by atoms with Gasteiger partial charge in [-0.3, -0.25) is 9.59 Å². The second-order valence-electron chi connectivity index (χ2n) is 6.55. The molecule has 0 bridgehead atoms. The van der Waals surface area contributed by atoms with E-state index < -0.39 is 18.0 Å². The van der Waals surface area contributed by atoms with Crippen LogP contribution in [0.1, 0.15) is 39.3 Å². The average molecular weight is 403 g/mol. The lowest BCUT2D eigenvalue weighted by Gasteiger charge is -2.18. The predicted octanol–water partition coefficient (Wildman–Crippen LogP) is 4.43. The van der Waals surface area contributed by atoms with Gasteiger partial charge in [-0.25, -0.2) is 4.79 Å². The Morgan fingerprint density at radius 1 is 0.833 bits per heavy atom. The van der Waals surface area contributed by atoms with Crippen LogP contribution in [-0.4, -0.2) is 24.8 Å². The molecule has 0 saturated heterocycles. The molecule has 1 N–H and O–H groups in total. The van der Waals surface area contributed by atoms with Gasteiger partial charge in [-0.2, -0.15) is 0 Å². The molecule has 30 heavy (non-hydrogen) atoms. The highest BCUT2D eigenvalue weighted by atomic mass is 16.5. The van der Waals surface area contributed by atoms with Crippen molar-refractivity contribution in [3.8, 4) is 5.75 Å². The molecule has 6 heteroatoms. The fraction of sp³-hybridized carbons (Fsp3) is 0.125. The molecule has 0 spiro atoms. The minimum Gasteiger partial charge on any atom is -0.497 e. The number of carbonyl (C=O) groups is 3. The number of benzene rings is 3. The standard InChI is InChI=1S/C24H21NO5/c1-16(26)19-9-6-10-20(15-19)25-23(27)22(17-7-4-3-5-8-17)30-24(28)18-11-13-21(29-2)14-12-18/h3-15,22H,1-2H3,(H,25,27)/t22-/m0/s1. The molecule has 1 atom stereocenters. The van der Waals surface area contributed by atoms with E-state index in [1.54, 1.807) is 78.9 Å². The number of Topliss-reactive ketones (excluding diaryl/α,β-unsaturated/α-hetero) is 1. The van der Waals surface area contributed by atoms with Crippen LogP contribution in [0.3, 0.4) is 0 Å². The maximum Gasteiger partial charge on any atom is 0.339 e. The van der Waals surface area contributed by atoms with Gasteiger partial charge in [-0.15, -0.1) is 0 Å². The number of nitrogens with one attached hydrogen (secondary N) is 1. The van der Waals surface area contributed by atoms with E-state index in [9.17, 15) is 14.4 Å². The highest BCUT2D eigenvalue weighted by Crippen LogP contribution is 2.23. The summed E-state index contributed by atoms with van der Waals surface area (Å²) in [6, 6.07) is 21.7. The number of hydrogen-bond acceptors (Lipinski definition) is 5. The van der Waals surface area contributed by atoms with Gasteiger partial charge in [0.15, 0.2) is 5.78 Å². The fourth-order valence-electron chi connectivity index (χ4n) is 2.83. The normalized spacial score (nSPS) is 11.3. The largest absolute Gasteiger partial charge is 0.497 e. The Bertz CT molecular complexity index is 1040. The number of hydrogen-bond donors (Lipinski definition) is 1. The summed E-state index contributed by atoms with van der Waals surface area (Å²) in [6.07, 6.45) is -1.17. The number of esters is 1. The molecule has 3 aromatic carbocycles. The first-order valence-electron chi connectivity index (χ1n) is 9.30. The highest BCUT2D eigenvalue weighted by Gasteiger charge is 2.26. The first-order chi connectivity index (χ1) is 14.5. The zero-order chi connectivity index (χ0) is 21.5. The minimum atomic E-state index is -1.17. The monoisotopic (exact) mass is 403 g/mol. The van der Waals surface area contributed by atoms with Crippen molar-refractivity contribution in [1.82, 2.24) is 0 Å². The van der Waals surface area contributed by atoms with E-state index in [0.717, 1.165) is 0 Å². The number of anilines is 1. The molecule has 0 heterocycles. The Balaban J connectivity index is 1.83. The lowest BCUT2D eigenvalue weighted by Crippen LogP contribution is -2.26. The predicted molar refractivity (Wildman–Crippen MR) is 113 cm³/mol. The van der Waals surface area contributed by atoms with Crippen molar-refractivity contribution in [1.29, 1.82) is 0 Å². The van der Waals surface area contributed by atoms with Crippen LogP contribution in [0, 0.1) is 0 Å². The van der Waals surface area contributed by atoms with Gasteiger partial charge < -0.3 is 14.8 Å². The van der Waals surface area contributed by atoms with Gasteiger partial charge in [0.2, 0.25) is 6.10 Å². The van der Waals surface area contributed by atoms with Crippen LogP contribution in [0.4, 0.5) is 5.69 Å². The molecule has 6 nitrogen and oxygen atoms in total. The van der Waals surface area contributed by atoms with Gasteiger partial charge in [-0.05, 0) is 43.3 Å². The molecule has 0 fully saturated rings. The quantitative estimate of drug-likeness (QED) is 0.466. The third-order valence-electron chi connectivity index (χ3n) is 4.43. The number of carbonyl (C=O) groups excluding carboxylic acids is 3.